The van der Waals surface area contributed by atoms with E-state index in [2.05, 4.69) is 0 Å². The van der Waals surface area contributed by atoms with Crippen LogP contribution in [-0.2, 0) is 0 Å². The Hall–Kier alpha value is -2.40. The number of hydrogen-bond acceptors (Lipinski definition) is 4. The number of hydrogen-bond donors (Lipinski definition) is 0. The summed E-state index contributed by atoms with van der Waals surface area (Å²) in [4.78, 5) is 21.7. The van der Waals surface area contributed by atoms with Crippen LogP contribution in [0.25, 0.3) is 0 Å². The first-order valence-electron chi connectivity index (χ1n) is 5.70. The van der Waals surface area contributed by atoms with Gasteiger partial charge in [-0.25, -0.2) is 0 Å². The van der Waals surface area contributed by atoms with Crippen LogP contribution in [0.15, 0.2) is 42.5 Å². The van der Waals surface area contributed by atoms with Crippen LogP contribution in [0.4, 0.5) is 5.69 Å². The third-order valence-electron chi connectivity index (χ3n) is 2.60. The largest absolute Gasteiger partial charge is 0.450 e. The van der Waals surface area contributed by atoms with E-state index >= 15 is 0 Å². The number of carbonyl (C=O) groups is 1. The van der Waals surface area contributed by atoms with Crippen molar-refractivity contribution in [3.05, 3.63) is 63.2 Å². The molecule has 0 fully saturated rings. The number of nitro benzene ring substituents is 1. The van der Waals surface area contributed by atoms with Crippen LogP contribution in [0.5, 0.6) is 11.5 Å². The normalized spacial score (nSPS) is 10.1. The predicted octanol–water partition coefficient (Wildman–Crippen LogP) is 4.24. The second kappa shape index (κ2) is 5.71. The quantitative estimate of drug-likeness (QED) is 0.480. The molecule has 0 radical (unpaired) electrons. The first-order chi connectivity index (χ1) is 9.47. The maximum atomic E-state index is 11.2. The molecule has 0 aliphatic carbocycles. The number of halogens is 1. The number of ether oxygens (including phenoxy) is 1. The molecule has 0 aliphatic rings. The number of Topliss-reactive ketones (excluding diaryl/α,β-unsaturated/α-hetero) is 1. The summed E-state index contributed by atoms with van der Waals surface area (Å²) in [6.07, 6.45) is 0. The molecule has 0 aromatic heterocycles. The average Bonchev–Trinajstić information content (AvgIpc) is 2.41. The van der Waals surface area contributed by atoms with Crippen LogP contribution in [-0.4, -0.2) is 10.7 Å². The van der Waals surface area contributed by atoms with E-state index in [1.54, 1.807) is 24.3 Å². The average molecular weight is 292 g/mol. The molecule has 102 valence electrons. The van der Waals surface area contributed by atoms with Gasteiger partial charge >= 0.3 is 5.69 Å². The molecule has 2 aromatic carbocycles. The molecule has 0 spiro atoms. The third-order valence-corrected chi connectivity index (χ3v) is 2.86. The molecule has 20 heavy (non-hydrogen) atoms. The minimum Gasteiger partial charge on any atom is -0.450 e. The van der Waals surface area contributed by atoms with E-state index in [4.69, 9.17) is 16.3 Å². The van der Waals surface area contributed by atoms with Crippen molar-refractivity contribution in [3.8, 4) is 11.5 Å². The highest BCUT2D eigenvalue weighted by molar-refractivity contribution is 6.30. The third kappa shape index (κ3) is 3.13. The van der Waals surface area contributed by atoms with Gasteiger partial charge in [0.25, 0.3) is 0 Å². The van der Waals surface area contributed by atoms with Crippen LogP contribution in [0.2, 0.25) is 5.02 Å². The van der Waals surface area contributed by atoms with Crippen LogP contribution in [0.1, 0.15) is 17.3 Å². The van der Waals surface area contributed by atoms with Gasteiger partial charge in [0.1, 0.15) is 5.75 Å². The highest BCUT2D eigenvalue weighted by Crippen LogP contribution is 2.32. The fourth-order valence-electron chi connectivity index (χ4n) is 1.59. The maximum Gasteiger partial charge on any atom is 0.312 e. The molecule has 2 rings (SSSR count). The Morgan fingerprint density at radius 2 is 1.85 bits per heavy atom. The maximum absolute atomic E-state index is 11.2. The molecule has 0 saturated carbocycles. The van der Waals surface area contributed by atoms with E-state index < -0.39 is 4.92 Å². The number of nitrogens with zero attached hydrogens (tertiary/aromatic N) is 1. The van der Waals surface area contributed by atoms with Crippen molar-refractivity contribution in [1.82, 2.24) is 0 Å². The number of rotatable bonds is 4. The summed E-state index contributed by atoms with van der Waals surface area (Å²) in [5.74, 6) is 0.251. The smallest absolute Gasteiger partial charge is 0.312 e. The van der Waals surface area contributed by atoms with E-state index in [-0.39, 0.29) is 22.8 Å². The first kappa shape index (κ1) is 14.0. The molecule has 5 nitrogen and oxygen atoms in total. The second-order valence-electron chi connectivity index (χ2n) is 4.05. The van der Waals surface area contributed by atoms with Crippen molar-refractivity contribution in [2.24, 2.45) is 0 Å². The van der Waals surface area contributed by atoms with Crippen LogP contribution >= 0.6 is 11.6 Å². The van der Waals surface area contributed by atoms with Crippen LogP contribution in [0, 0.1) is 10.1 Å². The Bertz CT molecular complexity index is 667. The molecular weight excluding hydrogens is 282 g/mol. The van der Waals surface area contributed by atoms with E-state index in [0.29, 0.717) is 10.8 Å². The van der Waals surface area contributed by atoms with Crippen molar-refractivity contribution in [2.75, 3.05) is 0 Å². The minimum atomic E-state index is -0.586. The Morgan fingerprint density at radius 3 is 2.40 bits per heavy atom. The predicted molar refractivity (Wildman–Crippen MR) is 74.6 cm³/mol. The highest BCUT2D eigenvalue weighted by atomic mass is 35.5. The minimum absolute atomic E-state index is 0.0716. The molecule has 0 aliphatic heterocycles. The highest BCUT2D eigenvalue weighted by Gasteiger charge is 2.18. The molecule has 0 amide bonds. The number of carbonyl (C=O) groups excluding carboxylic acids is 1. The summed E-state index contributed by atoms with van der Waals surface area (Å²) in [5.41, 5.74) is 0.00723. The second-order valence-corrected chi connectivity index (χ2v) is 4.49. The Morgan fingerprint density at radius 1 is 1.20 bits per heavy atom. The summed E-state index contributed by atoms with van der Waals surface area (Å²) in [6, 6.07) is 10.5. The summed E-state index contributed by atoms with van der Waals surface area (Å²) in [5, 5.41) is 11.6. The van der Waals surface area contributed by atoms with E-state index in [1.165, 1.54) is 25.1 Å². The molecule has 0 atom stereocenters. The van der Waals surface area contributed by atoms with E-state index in [9.17, 15) is 14.9 Å². The molecule has 0 N–H and O–H groups in total. The van der Waals surface area contributed by atoms with Gasteiger partial charge in [-0.15, -0.1) is 0 Å². The van der Waals surface area contributed by atoms with Crippen molar-refractivity contribution in [1.29, 1.82) is 0 Å². The molecule has 6 heteroatoms. The molecule has 0 unspecified atom stereocenters. The first-order valence-corrected chi connectivity index (χ1v) is 6.08. The fraction of sp³-hybridized carbons (Fsp3) is 0.0714. The Balaban J connectivity index is 2.38. The number of benzene rings is 2. The van der Waals surface area contributed by atoms with E-state index in [0.717, 1.165) is 0 Å². The lowest BCUT2D eigenvalue weighted by Crippen LogP contribution is -1.98. The zero-order valence-electron chi connectivity index (χ0n) is 10.5. The SMILES string of the molecule is CC(=O)c1ccc(Oc2ccc(Cl)cc2)c([N+](=O)[O-])c1. The Labute approximate surface area is 119 Å². The summed E-state index contributed by atoms with van der Waals surface area (Å²) in [7, 11) is 0. The summed E-state index contributed by atoms with van der Waals surface area (Å²) >= 11 is 5.75. The molecule has 0 bridgehead atoms. The van der Waals surface area contributed by atoms with Gasteiger partial charge in [0.05, 0.1) is 4.92 Å². The Kier molecular flexibility index (Phi) is 4.00. The van der Waals surface area contributed by atoms with Gasteiger partial charge in [0.2, 0.25) is 5.75 Å². The monoisotopic (exact) mass is 291 g/mol. The molecule has 2 aromatic rings. The fourth-order valence-corrected chi connectivity index (χ4v) is 1.72. The van der Waals surface area contributed by atoms with Crippen molar-refractivity contribution in [3.63, 3.8) is 0 Å². The number of ketones is 1. The van der Waals surface area contributed by atoms with Crippen molar-refractivity contribution in [2.45, 2.75) is 6.92 Å². The summed E-state index contributed by atoms with van der Waals surface area (Å²) in [6.45, 7) is 1.35. The number of nitro groups is 1. The zero-order valence-corrected chi connectivity index (χ0v) is 11.3. The van der Waals surface area contributed by atoms with Gasteiger partial charge in [-0.2, -0.15) is 0 Å². The van der Waals surface area contributed by atoms with Gasteiger partial charge in [-0.05, 0) is 43.3 Å². The van der Waals surface area contributed by atoms with Crippen LogP contribution < -0.4 is 4.74 Å². The molecular formula is C14H10ClNO4. The lowest BCUT2D eigenvalue weighted by molar-refractivity contribution is -0.385. The standard InChI is InChI=1S/C14H10ClNO4/c1-9(17)10-2-7-14(13(8-10)16(18)19)20-12-5-3-11(15)4-6-12/h2-8H,1H3. The summed E-state index contributed by atoms with van der Waals surface area (Å²) < 4.78 is 5.45. The van der Waals surface area contributed by atoms with Gasteiger partial charge in [-0.1, -0.05) is 11.6 Å². The lowest BCUT2D eigenvalue weighted by atomic mass is 10.1. The molecule has 0 heterocycles. The van der Waals surface area contributed by atoms with Gasteiger partial charge in [0, 0.05) is 16.7 Å². The zero-order chi connectivity index (χ0) is 14.7. The van der Waals surface area contributed by atoms with E-state index in [1.807, 2.05) is 0 Å². The lowest BCUT2D eigenvalue weighted by Gasteiger charge is -2.07. The topological polar surface area (TPSA) is 69.4 Å². The van der Waals surface area contributed by atoms with Crippen molar-refractivity contribution >= 4 is 23.1 Å². The van der Waals surface area contributed by atoms with Gasteiger partial charge in [0.15, 0.2) is 5.78 Å². The van der Waals surface area contributed by atoms with Crippen molar-refractivity contribution < 1.29 is 14.5 Å². The van der Waals surface area contributed by atoms with Gasteiger partial charge in [-0.3, -0.25) is 14.9 Å². The van der Waals surface area contributed by atoms with Crippen LogP contribution in [0.3, 0.4) is 0 Å². The van der Waals surface area contributed by atoms with Gasteiger partial charge < -0.3 is 4.74 Å². The molecule has 0 saturated heterocycles.